The molecule has 0 amide bonds. The van der Waals surface area contributed by atoms with Gasteiger partial charge in [0.05, 0.1) is 0 Å². The molecule has 1 aliphatic heterocycles. The van der Waals surface area contributed by atoms with Gasteiger partial charge >= 0.3 is 0 Å². The van der Waals surface area contributed by atoms with Crippen molar-refractivity contribution in [2.24, 2.45) is 0 Å². The van der Waals surface area contributed by atoms with E-state index >= 15 is 0 Å². The van der Waals surface area contributed by atoms with Gasteiger partial charge in [0.1, 0.15) is 5.82 Å². The van der Waals surface area contributed by atoms with Crippen LogP contribution in [0.2, 0.25) is 0 Å². The maximum Gasteiger partial charge on any atom is 0.227 e. The molecule has 0 aliphatic carbocycles. The highest BCUT2D eigenvalue weighted by Crippen LogP contribution is 2.37. The van der Waals surface area contributed by atoms with Crippen molar-refractivity contribution in [3.05, 3.63) is 42.1 Å². The SMILES string of the molecule is CCN(CC)c1nccc(N2c3ccccc3CC2C)n1. The molecule has 1 aromatic carbocycles. The van der Waals surface area contributed by atoms with Crippen LogP contribution in [0.5, 0.6) is 0 Å². The number of hydrogen-bond acceptors (Lipinski definition) is 4. The Morgan fingerprint density at radius 2 is 1.95 bits per heavy atom. The minimum Gasteiger partial charge on any atom is -0.341 e. The van der Waals surface area contributed by atoms with E-state index in [1.807, 2.05) is 12.3 Å². The van der Waals surface area contributed by atoms with E-state index in [2.05, 4.69) is 59.8 Å². The summed E-state index contributed by atoms with van der Waals surface area (Å²) in [4.78, 5) is 13.7. The molecule has 0 spiro atoms. The normalized spacial score (nSPS) is 16.9. The van der Waals surface area contributed by atoms with E-state index in [1.54, 1.807) is 0 Å². The zero-order valence-corrected chi connectivity index (χ0v) is 13.0. The number of rotatable bonds is 4. The molecule has 1 atom stereocenters. The first-order valence-corrected chi connectivity index (χ1v) is 7.69. The molecule has 3 rings (SSSR count). The third-order valence-corrected chi connectivity index (χ3v) is 4.13. The first kappa shape index (κ1) is 13.9. The molecule has 0 bridgehead atoms. The van der Waals surface area contributed by atoms with Gasteiger partial charge in [0.2, 0.25) is 5.95 Å². The molecular formula is C17H22N4. The standard InChI is InChI=1S/C17H22N4/c1-4-20(5-2)17-18-11-10-16(19-17)21-13(3)12-14-8-6-7-9-15(14)21/h6-11,13H,4-5,12H2,1-3H3. The molecule has 0 N–H and O–H groups in total. The Balaban J connectivity index is 1.99. The number of fused-ring (bicyclic) bond motifs is 1. The molecular weight excluding hydrogens is 260 g/mol. The monoisotopic (exact) mass is 282 g/mol. The number of anilines is 3. The van der Waals surface area contributed by atoms with Crippen LogP contribution in [-0.2, 0) is 6.42 Å². The highest BCUT2D eigenvalue weighted by atomic mass is 15.3. The number of aromatic nitrogens is 2. The van der Waals surface area contributed by atoms with E-state index in [0.29, 0.717) is 6.04 Å². The van der Waals surface area contributed by atoms with Crippen LogP contribution < -0.4 is 9.80 Å². The van der Waals surface area contributed by atoms with E-state index in [-0.39, 0.29) is 0 Å². The van der Waals surface area contributed by atoms with Crippen molar-refractivity contribution in [1.82, 2.24) is 9.97 Å². The lowest BCUT2D eigenvalue weighted by atomic mass is 10.1. The van der Waals surface area contributed by atoms with Gasteiger partial charge in [0, 0.05) is 31.0 Å². The molecule has 0 saturated heterocycles. The van der Waals surface area contributed by atoms with Gasteiger partial charge in [-0.2, -0.15) is 4.98 Å². The maximum atomic E-state index is 4.79. The molecule has 1 aliphatic rings. The molecule has 4 nitrogen and oxygen atoms in total. The zero-order valence-electron chi connectivity index (χ0n) is 13.0. The lowest BCUT2D eigenvalue weighted by Gasteiger charge is -2.25. The van der Waals surface area contributed by atoms with Gasteiger partial charge in [-0.25, -0.2) is 4.98 Å². The first-order valence-electron chi connectivity index (χ1n) is 7.69. The Morgan fingerprint density at radius 1 is 1.19 bits per heavy atom. The second-order valence-electron chi connectivity index (χ2n) is 5.44. The van der Waals surface area contributed by atoms with Crippen LogP contribution in [-0.4, -0.2) is 29.1 Å². The van der Waals surface area contributed by atoms with Gasteiger partial charge in [-0.3, -0.25) is 0 Å². The van der Waals surface area contributed by atoms with E-state index in [4.69, 9.17) is 4.98 Å². The lowest BCUT2D eigenvalue weighted by Crippen LogP contribution is -2.28. The third kappa shape index (κ3) is 2.46. The second kappa shape index (κ2) is 5.72. The Bertz CT molecular complexity index is 622. The van der Waals surface area contributed by atoms with Gasteiger partial charge < -0.3 is 9.80 Å². The van der Waals surface area contributed by atoms with Crippen LogP contribution in [0.3, 0.4) is 0 Å². The summed E-state index contributed by atoms with van der Waals surface area (Å²) in [5, 5.41) is 0. The van der Waals surface area contributed by atoms with Gasteiger partial charge in [0.15, 0.2) is 0 Å². The van der Waals surface area contributed by atoms with Crippen LogP contribution >= 0.6 is 0 Å². The summed E-state index contributed by atoms with van der Waals surface area (Å²) < 4.78 is 0. The van der Waals surface area contributed by atoms with Crippen molar-refractivity contribution in [2.75, 3.05) is 22.9 Å². The summed E-state index contributed by atoms with van der Waals surface area (Å²) in [6.45, 7) is 8.36. The summed E-state index contributed by atoms with van der Waals surface area (Å²) in [6.07, 6.45) is 2.93. The van der Waals surface area contributed by atoms with Crippen molar-refractivity contribution in [2.45, 2.75) is 33.2 Å². The number of nitrogens with zero attached hydrogens (tertiary/aromatic N) is 4. The Kier molecular flexibility index (Phi) is 3.78. The molecule has 0 fully saturated rings. The Morgan fingerprint density at radius 3 is 2.71 bits per heavy atom. The fourth-order valence-corrected chi connectivity index (χ4v) is 3.05. The van der Waals surface area contributed by atoms with Gasteiger partial charge in [-0.05, 0) is 44.9 Å². The Hall–Kier alpha value is -2.10. The van der Waals surface area contributed by atoms with Crippen LogP contribution in [0.25, 0.3) is 0 Å². The summed E-state index contributed by atoms with van der Waals surface area (Å²) >= 11 is 0. The van der Waals surface area contributed by atoms with E-state index in [9.17, 15) is 0 Å². The maximum absolute atomic E-state index is 4.79. The number of para-hydroxylation sites is 1. The van der Waals surface area contributed by atoms with Gasteiger partial charge in [0.25, 0.3) is 0 Å². The van der Waals surface area contributed by atoms with Crippen molar-refractivity contribution < 1.29 is 0 Å². The molecule has 110 valence electrons. The predicted molar refractivity (Wildman–Crippen MR) is 87.3 cm³/mol. The molecule has 1 aromatic heterocycles. The summed E-state index contributed by atoms with van der Waals surface area (Å²) in [6, 6.07) is 11.0. The predicted octanol–water partition coefficient (Wildman–Crippen LogP) is 3.41. The highest BCUT2D eigenvalue weighted by molar-refractivity contribution is 5.69. The van der Waals surface area contributed by atoms with Crippen molar-refractivity contribution >= 4 is 17.5 Å². The molecule has 1 unspecified atom stereocenters. The largest absolute Gasteiger partial charge is 0.341 e. The average Bonchev–Trinajstić information content (AvgIpc) is 2.84. The first-order chi connectivity index (χ1) is 10.2. The lowest BCUT2D eigenvalue weighted by molar-refractivity contribution is 0.744. The summed E-state index contributed by atoms with van der Waals surface area (Å²) in [5.41, 5.74) is 2.67. The van der Waals surface area contributed by atoms with Gasteiger partial charge in [-0.1, -0.05) is 18.2 Å². The number of hydrogen-bond donors (Lipinski definition) is 0. The molecule has 2 heterocycles. The molecule has 0 saturated carbocycles. The third-order valence-electron chi connectivity index (χ3n) is 4.13. The van der Waals surface area contributed by atoms with E-state index in [0.717, 1.165) is 31.3 Å². The summed E-state index contributed by atoms with van der Waals surface area (Å²) in [5.74, 6) is 1.80. The van der Waals surface area contributed by atoms with Crippen LogP contribution in [0.15, 0.2) is 36.5 Å². The molecule has 4 heteroatoms. The van der Waals surface area contributed by atoms with Crippen LogP contribution in [0.4, 0.5) is 17.5 Å². The van der Waals surface area contributed by atoms with E-state index < -0.39 is 0 Å². The van der Waals surface area contributed by atoms with Crippen molar-refractivity contribution in [1.29, 1.82) is 0 Å². The fraction of sp³-hybridized carbons (Fsp3) is 0.412. The highest BCUT2D eigenvalue weighted by Gasteiger charge is 2.28. The number of benzene rings is 1. The van der Waals surface area contributed by atoms with Crippen molar-refractivity contribution in [3.63, 3.8) is 0 Å². The average molecular weight is 282 g/mol. The van der Waals surface area contributed by atoms with E-state index in [1.165, 1.54) is 11.3 Å². The minimum absolute atomic E-state index is 0.432. The quantitative estimate of drug-likeness (QED) is 0.860. The molecule has 0 radical (unpaired) electrons. The zero-order chi connectivity index (χ0) is 14.8. The van der Waals surface area contributed by atoms with Crippen LogP contribution in [0, 0.1) is 0 Å². The van der Waals surface area contributed by atoms with Gasteiger partial charge in [-0.15, -0.1) is 0 Å². The second-order valence-corrected chi connectivity index (χ2v) is 5.44. The summed E-state index contributed by atoms with van der Waals surface area (Å²) in [7, 11) is 0. The van der Waals surface area contributed by atoms with Crippen molar-refractivity contribution in [3.8, 4) is 0 Å². The molecule has 2 aromatic rings. The van der Waals surface area contributed by atoms with Crippen LogP contribution in [0.1, 0.15) is 26.3 Å². The Labute approximate surface area is 126 Å². The smallest absolute Gasteiger partial charge is 0.227 e. The minimum atomic E-state index is 0.432. The molecule has 21 heavy (non-hydrogen) atoms. The topological polar surface area (TPSA) is 32.3 Å². The fourth-order valence-electron chi connectivity index (χ4n) is 3.05.